The summed E-state index contributed by atoms with van der Waals surface area (Å²) in [6.45, 7) is 0. The van der Waals surface area contributed by atoms with Gasteiger partial charge in [-0.15, -0.1) is 0 Å². The summed E-state index contributed by atoms with van der Waals surface area (Å²) in [6.07, 6.45) is 1.67. The minimum Gasteiger partial charge on any atom is -0.324 e. The molecular formula is C9H9IN2O2. The Bertz CT molecular complexity index is 406. The standard InChI is InChI=1S/C9H9IN2O2/c10-6-3-1-5-2-4-7(11)8(5)9(6)12(13)14/h1,3,7H,2,4,11H2/t7-/m1/s1. The molecule has 1 aliphatic rings. The summed E-state index contributed by atoms with van der Waals surface area (Å²) in [5.41, 5.74) is 7.82. The fraction of sp³-hybridized carbons (Fsp3) is 0.333. The number of halogens is 1. The molecule has 74 valence electrons. The van der Waals surface area contributed by atoms with Gasteiger partial charge in [-0.25, -0.2) is 0 Å². The molecule has 0 aromatic heterocycles. The Balaban J connectivity index is 2.68. The van der Waals surface area contributed by atoms with Crippen molar-refractivity contribution in [3.05, 3.63) is 36.9 Å². The van der Waals surface area contributed by atoms with Gasteiger partial charge in [0.25, 0.3) is 5.69 Å². The lowest BCUT2D eigenvalue weighted by molar-refractivity contribution is -0.386. The van der Waals surface area contributed by atoms with Gasteiger partial charge in [0, 0.05) is 6.04 Å². The number of hydrogen-bond acceptors (Lipinski definition) is 3. The maximum absolute atomic E-state index is 10.9. The molecule has 1 aliphatic carbocycles. The topological polar surface area (TPSA) is 69.2 Å². The Hall–Kier alpha value is -0.690. The Morgan fingerprint density at radius 3 is 2.93 bits per heavy atom. The lowest BCUT2D eigenvalue weighted by atomic mass is 10.1. The van der Waals surface area contributed by atoms with E-state index in [9.17, 15) is 10.1 Å². The van der Waals surface area contributed by atoms with Crippen molar-refractivity contribution in [2.24, 2.45) is 5.73 Å². The minimum atomic E-state index is -0.328. The van der Waals surface area contributed by atoms with Crippen molar-refractivity contribution in [1.29, 1.82) is 0 Å². The Kier molecular flexibility index (Phi) is 2.44. The molecule has 1 aromatic carbocycles. The predicted octanol–water partition coefficient (Wildman–Crippen LogP) is 2.15. The quantitative estimate of drug-likeness (QED) is 0.491. The highest BCUT2D eigenvalue weighted by Crippen LogP contribution is 2.38. The molecule has 1 aromatic rings. The lowest BCUT2D eigenvalue weighted by Gasteiger charge is -2.06. The highest BCUT2D eigenvalue weighted by atomic mass is 127. The van der Waals surface area contributed by atoms with E-state index in [1.54, 1.807) is 6.07 Å². The van der Waals surface area contributed by atoms with Gasteiger partial charge in [-0.3, -0.25) is 10.1 Å². The molecule has 0 bridgehead atoms. The highest BCUT2D eigenvalue weighted by molar-refractivity contribution is 14.1. The van der Waals surface area contributed by atoms with Gasteiger partial charge in [-0.2, -0.15) is 0 Å². The van der Waals surface area contributed by atoms with Gasteiger partial charge >= 0.3 is 0 Å². The molecule has 2 N–H and O–H groups in total. The summed E-state index contributed by atoms with van der Waals surface area (Å²) in [4.78, 5) is 10.5. The molecule has 0 spiro atoms. The maximum Gasteiger partial charge on any atom is 0.287 e. The third-order valence-electron chi connectivity index (χ3n) is 2.54. The summed E-state index contributed by atoms with van der Waals surface area (Å²) < 4.78 is 0.670. The van der Waals surface area contributed by atoms with E-state index in [4.69, 9.17) is 5.73 Å². The van der Waals surface area contributed by atoms with E-state index >= 15 is 0 Å². The number of nitrogens with two attached hydrogens (primary N) is 1. The van der Waals surface area contributed by atoms with Crippen LogP contribution in [0.1, 0.15) is 23.6 Å². The number of hydrogen-bond donors (Lipinski definition) is 1. The molecule has 0 heterocycles. The molecule has 0 saturated carbocycles. The third-order valence-corrected chi connectivity index (χ3v) is 3.41. The first kappa shape index (κ1) is 9.85. The van der Waals surface area contributed by atoms with Gasteiger partial charge in [-0.05, 0) is 47.1 Å². The van der Waals surface area contributed by atoms with Crippen molar-refractivity contribution in [3.63, 3.8) is 0 Å². The van der Waals surface area contributed by atoms with E-state index in [1.807, 2.05) is 28.7 Å². The summed E-state index contributed by atoms with van der Waals surface area (Å²) in [6, 6.07) is 3.56. The smallest absolute Gasteiger partial charge is 0.287 e. The van der Waals surface area contributed by atoms with Crippen molar-refractivity contribution in [3.8, 4) is 0 Å². The zero-order valence-corrected chi connectivity index (χ0v) is 9.52. The average Bonchev–Trinajstić information content (AvgIpc) is 2.47. The fourth-order valence-electron chi connectivity index (χ4n) is 1.90. The van der Waals surface area contributed by atoms with Gasteiger partial charge in [0.2, 0.25) is 0 Å². The van der Waals surface area contributed by atoms with E-state index in [0.29, 0.717) is 3.57 Å². The molecule has 0 amide bonds. The monoisotopic (exact) mass is 304 g/mol. The van der Waals surface area contributed by atoms with Crippen molar-refractivity contribution < 1.29 is 4.92 Å². The molecule has 0 fully saturated rings. The summed E-state index contributed by atoms with van der Waals surface area (Å²) in [5, 5.41) is 10.9. The van der Waals surface area contributed by atoms with Gasteiger partial charge in [-0.1, -0.05) is 6.07 Å². The van der Waals surface area contributed by atoms with Gasteiger partial charge < -0.3 is 5.73 Å². The zero-order valence-electron chi connectivity index (χ0n) is 7.37. The molecule has 0 radical (unpaired) electrons. The molecule has 14 heavy (non-hydrogen) atoms. The molecule has 4 nitrogen and oxygen atoms in total. The van der Waals surface area contributed by atoms with E-state index in [0.717, 1.165) is 24.0 Å². The SMILES string of the molecule is N[C@@H]1CCc2ccc(I)c([N+](=O)[O-])c21. The minimum absolute atomic E-state index is 0.167. The van der Waals surface area contributed by atoms with Crippen molar-refractivity contribution in [2.75, 3.05) is 0 Å². The number of nitro benzene ring substituents is 1. The van der Waals surface area contributed by atoms with E-state index in [-0.39, 0.29) is 16.7 Å². The van der Waals surface area contributed by atoms with Crippen molar-refractivity contribution in [2.45, 2.75) is 18.9 Å². The largest absolute Gasteiger partial charge is 0.324 e. The average molecular weight is 304 g/mol. The Morgan fingerprint density at radius 2 is 2.29 bits per heavy atom. The van der Waals surface area contributed by atoms with Crippen LogP contribution in [0.2, 0.25) is 0 Å². The van der Waals surface area contributed by atoms with Gasteiger partial charge in [0.1, 0.15) is 0 Å². The number of aryl methyl sites for hydroxylation is 1. The normalized spacial score (nSPS) is 19.4. The molecule has 0 aliphatic heterocycles. The molecule has 0 saturated heterocycles. The third kappa shape index (κ3) is 1.40. The van der Waals surface area contributed by atoms with Crippen LogP contribution >= 0.6 is 22.6 Å². The van der Waals surface area contributed by atoms with Crippen LogP contribution < -0.4 is 5.73 Å². The summed E-state index contributed by atoms with van der Waals surface area (Å²) in [5.74, 6) is 0. The first-order chi connectivity index (χ1) is 6.61. The van der Waals surface area contributed by atoms with Crippen LogP contribution in [-0.2, 0) is 6.42 Å². The van der Waals surface area contributed by atoms with Crippen LogP contribution in [0.15, 0.2) is 12.1 Å². The molecular weight excluding hydrogens is 295 g/mol. The first-order valence-corrected chi connectivity index (χ1v) is 5.40. The van der Waals surface area contributed by atoms with Gasteiger partial charge in [0.15, 0.2) is 0 Å². The zero-order chi connectivity index (χ0) is 10.3. The van der Waals surface area contributed by atoms with E-state index in [2.05, 4.69) is 0 Å². The molecule has 5 heteroatoms. The van der Waals surface area contributed by atoms with Crippen LogP contribution in [0.3, 0.4) is 0 Å². The van der Waals surface area contributed by atoms with Crippen LogP contribution in [0, 0.1) is 13.7 Å². The first-order valence-electron chi connectivity index (χ1n) is 4.32. The number of benzene rings is 1. The van der Waals surface area contributed by atoms with E-state index in [1.165, 1.54) is 0 Å². The van der Waals surface area contributed by atoms with Crippen LogP contribution in [0.4, 0.5) is 5.69 Å². The van der Waals surface area contributed by atoms with Gasteiger partial charge in [0.05, 0.1) is 14.1 Å². The fourth-order valence-corrected chi connectivity index (χ4v) is 2.56. The highest BCUT2D eigenvalue weighted by Gasteiger charge is 2.30. The summed E-state index contributed by atoms with van der Waals surface area (Å²) in [7, 11) is 0. The molecule has 1 atom stereocenters. The second kappa shape index (κ2) is 3.47. The molecule has 2 rings (SSSR count). The van der Waals surface area contributed by atoms with E-state index < -0.39 is 0 Å². The lowest BCUT2D eigenvalue weighted by Crippen LogP contribution is -2.09. The Morgan fingerprint density at radius 1 is 1.57 bits per heavy atom. The number of nitrogens with zero attached hydrogens (tertiary/aromatic N) is 1. The van der Waals surface area contributed by atoms with Crippen molar-refractivity contribution in [1.82, 2.24) is 0 Å². The number of nitro groups is 1. The van der Waals surface area contributed by atoms with Crippen LogP contribution in [0.25, 0.3) is 0 Å². The Labute approximate surface area is 94.8 Å². The van der Waals surface area contributed by atoms with Crippen LogP contribution in [-0.4, -0.2) is 4.92 Å². The molecule has 0 unspecified atom stereocenters. The second-order valence-corrected chi connectivity index (χ2v) is 4.53. The maximum atomic E-state index is 10.9. The number of fused-ring (bicyclic) bond motifs is 1. The predicted molar refractivity (Wildman–Crippen MR) is 61.1 cm³/mol. The number of rotatable bonds is 1. The van der Waals surface area contributed by atoms with Crippen molar-refractivity contribution >= 4 is 28.3 Å². The summed E-state index contributed by atoms with van der Waals surface area (Å²) >= 11 is 1.98. The second-order valence-electron chi connectivity index (χ2n) is 3.37. The van der Waals surface area contributed by atoms with Crippen LogP contribution in [0.5, 0.6) is 0 Å².